The number of hydrogen-bond donors (Lipinski definition) is 1. The molecule has 0 atom stereocenters. The van der Waals surface area contributed by atoms with Gasteiger partial charge in [-0.15, -0.1) is 11.3 Å². The number of fused-ring (bicyclic) bond motifs is 6. The third kappa shape index (κ3) is 4.80. The fourth-order valence-electron chi connectivity index (χ4n) is 7.20. The van der Waals surface area contributed by atoms with Crippen LogP contribution in [0.2, 0.25) is 0 Å². The van der Waals surface area contributed by atoms with Crippen molar-refractivity contribution in [2.24, 2.45) is 0 Å². The van der Waals surface area contributed by atoms with E-state index < -0.39 is 0 Å². The zero-order chi connectivity index (χ0) is 33.9. The highest BCUT2D eigenvalue weighted by molar-refractivity contribution is 7.26. The van der Waals surface area contributed by atoms with Gasteiger partial charge in [0.2, 0.25) is 0 Å². The van der Waals surface area contributed by atoms with Crippen molar-refractivity contribution >= 4 is 53.3 Å². The predicted octanol–water partition coefficient (Wildman–Crippen LogP) is 11.7. The van der Waals surface area contributed by atoms with Gasteiger partial charge in [-0.25, -0.2) is 15.0 Å². The van der Waals surface area contributed by atoms with Gasteiger partial charge in [0.1, 0.15) is 0 Å². The van der Waals surface area contributed by atoms with Crippen LogP contribution in [0.5, 0.6) is 5.75 Å². The maximum atomic E-state index is 12.2. The van der Waals surface area contributed by atoms with Crippen LogP contribution >= 0.6 is 11.3 Å². The number of thiophene rings is 1. The number of aromatic nitrogens is 4. The lowest BCUT2D eigenvalue weighted by atomic mass is 10.0. The Morgan fingerprint density at radius 3 is 1.76 bits per heavy atom. The average Bonchev–Trinajstić information content (AvgIpc) is 3.75. The fraction of sp³-hybridized carbons (Fsp3) is 0. The van der Waals surface area contributed by atoms with Crippen LogP contribution in [-0.4, -0.2) is 24.6 Å². The van der Waals surface area contributed by atoms with E-state index in [1.807, 2.05) is 78.9 Å². The Balaban J connectivity index is 1.18. The first-order valence-corrected chi connectivity index (χ1v) is 17.7. The molecule has 6 heteroatoms. The van der Waals surface area contributed by atoms with Crippen LogP contribution in [0.3, 0.4) is 0 Å². The lowest BCUT2D eigenvalue weighted by Crippen LogP contribution is -2.00. The molecule has 0 radical (unpaired) electrons. The van der Waals surface area contributed by atoms with Crippen molar-refractivity contribution in [3.63, 3.8) is 0 Å². The number of nitrogens with zero attached hydrogens (tertiary/aromatic N) is 4. The van der Waals surface area contributed by atoms with Crippen LogP contribution in [0.25, 0.3) is 93.0 Å². The van der Waals surface area contributed by atoms with Crippen molar-refractivity contribution in [1.82, 2.24) is 19.5 Å². The molecule has 0 fully saturated rings. The molecule has 0 aliphatic rings. The second kappa shape index (κ2) is 11.8. The summed E-state index contributed by atoms with van der Waals surface area (Å²) in [6, 6.07) is 55.9. The third-order valence-corrected chi connectivity index (χ3v) is 10.8. The maximum Gasteiger partial charge on any atom is 0.164 e. The number of benzene rings is 7. The van der Waals surface area contributed by atoms with E-state index in [1.165, 1.54) is 5.56 Å². The van der Waals surface area contributed by atoms with Gasteiger partial charge in [0, 0.05) is 42.9 Å². The molecule has 10 aromatic rings. The van der Waals surface area contributed by atoms with E-state index in [4.69, 9.17) is 15.0 Å². The largest absolute Gasteiger partial charge is 0.504 e. The van der Waals surface area contributed by atoms with Gasteiger partial charge < -0.3 is 9.67 Å². The summed E-state index contributed by atoms with van der Waals surface area (Å²) in [5, 5.41) is 16.4. The predicted molar refractivity (Wildman–Crippen MR) is 210 cm³/mol. The van der Waals surface area contributed by atoms with Crippen molar-refractivity contribution < 1.29 is 5.11 Å². The van der Waals surface area contributed by atoms with Crippen LogP contribution in [0.15, 0.2) is 164 Å². The van der Waals surface area contributed by atoms with Crippen LogP contribution in [0, 0.1) is 0 Å². The zero-order valence-corrected chi connectivity index (χ0v) is 28.0. The molecule has 240 valence electrons. The van der Waals surface area contributed by atoms with E-state index >= 15 is 0 Å². The Morgan fingerprint density at radius 2 is 1.06 bits per heavy atom. The summed E-state index contributed by atoms with van der Waals surface area (Å²) in [6.45, 7) is 0. The first kappa shape index (κ1) is 29.3. The van der Waals surface area contributed by atoms with E-state index in [-0.39, 0.29) is 5.75 Å². The van der Waals surface area contributed by atoms with Crippen LogP contribution in [0.1, 0.15) is 0 Å². The molecule has 0 amide bonds. The lowest BCUT2D eigenvalue weighted by molar-refractivity contribution is 0.480. The Hall–Kier alpha value is -6.63. The second-order valence-electron chi connectivity index (χ2n) is 12.6. The Labute approximate surface area is 297 Å². The minimum Gasteiger partial charge on any atom is -0.504 e. The molecule has 0 unspecified atom stereocenters. The van der Waals surface area contributed by atoms with E-state index in [1.54, 1.807) is 11.3 Å². The van der Waals surface area contributed by atoms with Gasteiger partial charge >= 0.3 is 0 Å². The van der Waals surface area contributed by atoms with Gasteiger partial charge in [-0.05, 0) is 41.5 Å². The molecule has 0 aliphatic heterocycles. The highest BCUT2D eigenvalue weighted by Crippen LogP contribution is 2.46. The van der Waals surface area contributed by atoms with Crippen molar-refractivity contribution in [1.29, 1.82) is 0 Å². The normalized spacial score (nSPS) is 11.6. The van der Waals surface area contributed by atoms with E-state index in [9.17, 15) is 5.11 Å². The summed E-state index contributed by atoms with van der Waals surface area (Å²) >= 11 is 1.59. The first-order valence-electron chi connectivity index (χ1n) is 16.8. The van der Waals surface area contributed by atoms with Gasteiger partial charge in [0.25, 0.3) is 0 Å². The molecular weight excluding hydrogens is 645 g/mol. The minimum absolute atomic E-state index is 0.250. The number of hydrogen-bond acceptors (Lipinski definition) is 5. The Bertz CT molecular complexity index is 2860. The van der Waals surface area contributed by atoms with E-state index in [0.717, 1.165) is 69.9 Å². The molecule has 5 nitrogen and oxygen atoms in total. The van der Waals surface area contributed by atoms with Crippen molar-refractivity contribution in [3.8, 4) is 56.7 Å². The quantitative estimate of drug-likeness (QED) is 0.198. The summed E-state index contributed by atoms with van der Waals surface area (Å²) in [7, 11) is 0. The number of aromatic hydroxyl groups is 1. The van der Waals surface area contributed by atoms with Crippen LogP contribution in [-0.2, 0) is 0 Å². The van der Waals surface area contributed by atoms with Crippen molar-refractivity contribution in [2.45, 2.75) is 0 Å². The second-order valence-corrected chi connectivity index (χ2v) is 13.6. The molecule has 3 aromatic heterocycles. The Kier molecular flexibility index (Phi) is 6.76. The number of para-hydroxylation sites is 1. The molecule has 10 rings (SSSR count). The van der Waals surface area contributed by atoms with Gasteiger partial charge in [0.15, 0.2) is 23.2 Å². The molecule has 1 N–H and O–H groups in total. The molecule has 0 saturated heterocycles. The van der Waals surface area contributed by atoms with Gasteiger partial charge in [-0.3, -0.25) is 0 Å². The maximum absolute atomic E-state index is 12.2. The average molecular weight is 673 g/mol. The topological polar surface area (TPSA) is 63.8 Å². The van der Waals surface area contributed by atoms with Gasteiger partial charge in [0.05, 0.1) is 21.4 Å². The summed E-state index contributed by atoms with van der Waals surface area (Å²) < 4.78 is 4.05. The Morgan fingerprint density at radius 1 is 0.451 bits per heavy atom. The molecule has 0 spiro atoms. The summed E-state index contributed by atoms with van der Waals surface area (Å²) in [4.78, 5) is 15.0. The highest BCUT2D eigenvalue weighted by Gasteiger charge is 2.21. The van der Waals surface area contributed by atoms with Crippen molar-refractivity contribution in [2.75, 3.05) is 0 Å². The summed E-state index contributed by atoms with van der Waals surface area (Å²) in [5.74, 6) is 2.07. The van der Waals surface area contributed by atoms with Crippen LogP contribution < -0.4 is 0 Å². The monoisotopic (exact) mass is 672 g/mol. The molecule has 0 saturated carbocycles. The minimum atomic E-state index is 0.250. The van der Waals surface area contributed by atoms with Gasteiger partial charge in [-0.1, -0.05) is 133 Å². The van der Waals surface area contributed by atoms with E-state index in [0.29, 0.717) is 17.5 Å². The molecular formula is C45H28N4OS. The SMILES string of the molecule is Oc1c(-n2c3ccccc3c3cc(-c4ccccc4)ccc32)ccc2c1sc1cccc(-c3nc(-c4ccccc4)nc(-c4ccccc4)n3)c12. The highest BCUT2D eigenvalue weighted by atomic mass is 32.1. The van der Waals surface area contributed by atoms with Crippen LogP contribution in [0.4, 0.5) is 0 Å². The first-order chi connectivity index (χ1) is 25.2. The lowest BCUT2D eigenvalue weighted by Gasteiger charge is -2.12. The molecule has 0 aliphatic carbocycles. The summed E-state index contributed by atoms with van der Waals surface area (Å²) in [6.07, 6.45) is 0. The van der Waals surface area contributed by atoms with Crippen molar-refractivity contribution in [3.05, 3.63) is 164 Å². The molecule has 51 heavy (non-hydrogen) atoms. The number of rotatable bonds is 5. The number of phenols is 1. The molecule has 7 aromatic carbocycles. The smallest absolute Gasteiger partial charge is 0.164 e. The summed E-state index contributed by atoms with van der Waals surface area (Å²) in [5.41, 5.74) is 7.90. The van der Waals surface area contributed by atoms with Gasteiger partial charge in [-0.2, -0.15) is 0 Å². The number of phenolic OH excluding ortho intramolecular Hbond substituents is 1. The fourth-order valence-corrected chi connectivity index (χ4v) is 8.37. The molecule has 3 heterocycles. The molecule has 0 bridgehead atoms. The third-order valence-electron chi connectivity index (χ3n) is 9.58. The van der Waals surface area contributed by atoms with E-state index in [2.05, 4.69) is 89.5 Å². The standard InChI is InChI=1S/C45H28N4OS/c50-41-38(49-36-21-11-10-19-32(36)35-27-31(23-25-37(35)49)28-13-4-1-5-14-28)26-24-33-40-34(20-12-22-39(40)51-42(33)41)45-47-43(29-15-6-2-7-16-29)46-44(48-45)30-17-8-3-9-18-30/h1-27,50H. The zero-order valence-electron chi connectivity index (χ0n) is 27.2.